The smallest absolute Gasteiger partial charge is 0.273 e. The molecule has 29 heavy (non-hydrogen) atoms. The van der Waals surface area contributed by atoms with E-state index in [1.54, 1.807) is 12.3 Å². The zero-order valence-electron chi connectivity index (χ0n) is 16.5. The molecule has 2 aromatic rings. The fraction of sp³-hybridized carbons (Fsp3) is 0.526. The van der Waals surface area contributed by atoms with Gasteiger partial charge in [0.1, 0.15) is 0 Å². The van der Waals surface area contributed by atoms with Crippen LogP contribution in [0, 0.1) is 0 Å². The molecule has 10 heteroatoms. The highest BCUT2D eigenvalue weighted by Crippen LogP contribution is 2.37. The largest absolute Gasteiger partial charge is 0.489 e. The highest BCUT2D eigenvalue weighted by molar-refractivity contribution is 6.32. The maximum absolute atomic E-state index is 12.4. The standard InChI is InChI=1S/C19H25ClN4O5/c1-3-26-17(27-4-2)12-24-11-15(22-23-24)19(25)21-10-13-8-14(20)18-16(9-13)28-6-5-7-29-18/h8-9,11,17H,3-7,10,12H2,1-2H3,(H,21,25). The van der Waals surface area contributed by atoms with Crippen LogP contribution in [0.2, 0.25) is 5.02 Å². The first-order chi connectivity index (χ1) is 14.1. The van der Waals surface area contributed by atoms with Crippen LogP contribution in [0.15, 0.2) is 18.3 Å². The third kappa shape index (κ3) is 5.81. The summed E-state index contributed by atoms with van der Waals surface area (Å²) < 4.78 is 23.8. The molecule has 1 aliphatic rings. The molecule has 1 aromatic carbocycles. The van der Waals surface area contributed by atoms with Gasteiger partial charge in [-0.1, -0.05) is 16.8 Å². The van der Waals surface area contributed by atoms with Gasteiger partial charge in [0.2, 0.25) is 0 Å². The highest BCUT2D eigenvalue weighted by Gasteiger charge is 2.17. The van der Waals surface area contributed by atoms with Crippen molar-refractivity contribution in [1.82, 2.24) is 20.3 Å². The summed E-state index contributed by atoms with van der Waals surface area (Å²) in [7, 11) is 0. The van der Waals surface area contributed by atoms with Crippen LogP contribution in [0.4, 0.5) is 0 Å². The van der Waals surface area contributed by atoms with Gasteiger partial charge in [0, 0.05) is 26.2 Å². The van der Waals surface area contributed by atoms with Gasteiger partial charge < -0.3 is 24.3 Å². The Hall–Kier alpha value is -2.36. The molecule has 0 saturated carbocycles. The van der Waals surface area contributed by atoms with Gasteiger partial charge in [0.15, 0.2) is 23.5 Å². The predicted molar refractivity (Wildman–Crippen MR) is 105 cm³/mol. The number of ether oxygens (including phenoxy) is 4. The number of carbonyl (C=O) groups is 1. The fourth-order valence-corrected chi connectivity index (χ4v) is 3.12. The first-order valence-corrected chi connectivity index (χ1v) is 9.98. The Balaban J connectivity index is 1.59. The molecule has 0 saturated heterocycles. The molecule has 0 fully saturated rings. The van der Waals surface area contributed by atoms with Crippen molar-refractivity contribution in [2.24, 2.45) is 0 Å². The second-order valence-electron chi connectivity index (χ2n) is 6.30. The molecule has 0 atom stereocenters. The van der Waals surface area contributed by atoms with Gasteiger partial charge in [-0.2, -0.15) is 0 Å². The van der Waals surface area contributed by atoms with Crippen LogP contribution >= 0.6 is 11.6 Å². The van der Waals surface area contributed by atoms with E-state index in [9.17, 15) is 4.79 Å². The molecule has 0 spiro atoms. The number of carbonyl (C=O) groups excluding carboxylic acids is 1. The lowest BCUT2D eigenvalue weighted by Gasteiger charge is -2.16. The van der Waals surface area contributed by atoms with Crippen molar-refractivity contribution in [2.75, 3.05) is 26.4 Å². The van der Waals surface area contributed by atoms with E-state index < -0.39 is 6.29 Å². The quantitative estimate of drug-likeness (QED) is 0.617. The first kappa shape index (κ1) is 21.4. The van der Waals surface area contributed by atoms with E-state index >= 15 is 0 Å². The topological polar surface area (TPSA) is 96.7 Å². The van der Waals surface area contributed by atoms with Gasteiger partial charge in [0.05, 0.1) is 31.0 Å². The number of rotatable bonds is 9. The predicted octanol–water partition coefficient (Wildman–Crippen LogP) is 2.42. The van der Waals surface area contributed by atoms with Crippen LogP contribution in [0.1, 0.15) is 36.3 Å². The Bertz CT molecular complexity index is 823. The van der Waals surface area contributed by atoms with Gasteiger partial charge in [-0.15, -0.1) is 5.10 Å². The first-order valence-electron chi connectivity index (χ1n) is 9.60. The number of benzene rings is 1. The van der Waals surface area contributed by atoms with E-state index in [4.69, 9.17) is 30.5 Å². The number of nitrogens with zero attached hydrogens (tertiary/aromatic N) is 3. The van der Waals surface area contributed by atoms with Crippen molar-refractivity contribution in [3.05, 3.63) is 34.6 Å². The molecule has 0 radical (unpaired) electrons. The number of amides is 1. The van der Waals surface area contributed by atoms with Gasteiger partial charge >= 0.3 is 0 Å². The van der Waals surface area contributed by atoms with Gasteiger partial charge in [-0.05, 0) is 31.5 Å². The molecule has 1 aromatic heterocycles. The molecule has 0 unspecified atom stereocenters. The molecular weight excluding hydrogens is 400 g/mol. The van der Waals surface area contributed by atoms with Crippen LogP contribution in [-0.4, -0.2) is 53.6 Å². The molecule has 1 amide bonds. The summed E-state index contributed by atoms with van der Waals surface area (Å²) in [6, 6.07) is 3.57. The second kappa shape index (κ2) is 10.4. The fourth-order valence-electron chi connectivity index (χ4n) is 2.83. The number of hydrogen-bond acceptors (Lipinski definition) is 7. The highest BCUT2D eigenvalue weighted by atomic mass is 35.5. The molecule has 0 aliphatic carbocycles. The van der Waals surface area contributed by atoms with Crippen LogP contribution in [0.25, 0.3) is 0 Å². The molecule has 9 nitrogen and oxygen atoms in total. The van der Waals surface area contributed by atoms with E-state index in [1.807, 2.05) is 19.9 Å². The van der Waals surface area contributed by atoms with Crippen molar-refractivity contribution in [3.8, 4) is 11.5 Å². The number of halogens is 1. The Labute approximate surface area is 174 Å². The monoisotopic (exact) mass is 424 g/mol. The van der Waals surface area contributed by atoms with Gasteiger partial charge in [-0.3, -0.25) is 4.79 Å². The minimum absolute atomic E-state index is 0.206. The summed E-state index contributed by atoms with van der Waals surface area (Å²) in [6.07, 6.45) is 1.91. The molecule has 1 N–H and O–H groups in total. The minimum Gasteiger partial charge on any atom is -0.489 e. The minimum atomic E-state index is -0.438. The van der Waals surface area contributed by atoms with Gasteiger partial charge in [0.25, 0.3) is 5.91 Å². The van der Waals surface area contributed by atoms with Crippen molar-refractivity contribution >= 4 is 17.5 Å². The molecule has 3 rings (SSSR count). The summed E-state index contributed by atoms with van der Waals surface area (Å²) >= 11 is 6.29. The van der Waals surface area contributed by atoms with E-state index in [2.05, 4.69) is 15.6 Å². The Morgan fingerprint density at radius 3 is 2.79 bits per heavy atom. The number of hydrogen-bond donors (Lipinski definition) is 1. The number of aromatic nitrogens is 3. The Kier molecular flexibility index (Phi) is 7.68. The lowest BCUT2D eigenvalue weighted by molar-refractivity contribution is -0.145. The van der Waals surface area contributed by atoms with E-state index in [1.165, 1.54) is 4.68 Å². The van der Waals surface area contributed by atoms with Crippen LogP contribution in [-0.2, 0) is 22.6 Å². The average molecular weight is 425 g/mol. The third-order valence-corrected chi connectivity index (χ3v) is 4.41. The normalized spacial score (nSPS) is 13.4. The summed E-state index contributed by atoms with van der Waals surface area (Å²) in [4.78, 5) is 12.4. The van der Waals surface area contributed by atoms with Crippen LogP contribution in [0.5, 0.6) is 11.5 Å². The summed E-state index contributed by atoms with van der Waals surface area (Å²) in [6.45, 7) is 6.55. The van der Waals surface area contributed by atoms with E-state index in [0.29, 0.717) is 49.5 Å². The lowest BCUT2D eigenvalue weighted by atomic mass is 10.2. The zero-order valence-corrected chi connectivity index (χ0v) is 17.3. The summed E-state index contributed by atoms with van der Waals surface area (Å²) in [5.74, 6) is 0.785. The molecule has 2 heterocycles. The molecule has 0 bridgehead atoms. The maximum Gasteiger partial charge on any atom is 0.273 e. The van der Waals surface area contributed by atoms with Crippen molar-refractivity contribution in [3.63, 3.8) is 0 Å². The summed E-state index contributed by atoms with van der Waals surface area (Å²) in [5.41, 5.74) is 1.00. The zero-order chi connectivity index (χ0) is 20.6. The summed E-state index contributed by atoms with van der Waals surface area (Å²) in [5, 5.41) is 11.2. The van der Waals surface area contributed by atoms with Crippen molar-refractivity contribution in [1.29, 1.82) is 0 Å². The molecule has 158 valence electrons. The van der Waals surface area contributed by atoms with E-state index in [-0.39, 0.29) is 18.1 Å². The van der Waals surface area contributed by atoms with Crippen molar-refractivity contribution < 1.29 is 23.7 Å². The number of fused-ring (bicyclic) bond motifs is 1. The maximum atomic E-state index is 12.4. The van der Waals surface area contributed by atoms with Gasteiger partial charge in [-0.25, -0.2) is 4.68 Å². The third-order valence-electron chi connectivity index (χ3n) is 4.13. The average Bonchev–Trinajstić information content (AvgIpc) is 3.03. The lowest BCUT2D eigenvalue weighted by Crippen LogP contribution is -2.24. The second-order valence-corrected chi connectivity index (χ2v) is 6.71. The van der Waals surface area contributed by atoms with E-state index in [0.717, 1.165) is 12.0 Å². The Morgan fingerprint density at radius 2 is 2.03 bits per heavy atom. The Morgan fingerprint density at radius 1 is 1.28 bits per heavy atom. The molecule has 1 aliphatic heterocycles. The SMILES string of the molecule is CCOC(Cn1cc(C(=O)NCc2cc(Cl)c3c(c2)OCCCO3)nn1)OCC. The van der Waals surface area contributed by atoms with Crippen LogP contribution in [0.3, 0.4) is 0 Å². The van der Waals surface area contributed by atoms with Crippen LogP contribution < -0.4 is 14.8 Å². The molecular formula is C19H25ClN4O5. The number of nitrogens with one attached hydrogen (secondary N) is 1. The van der Waals surface area contributed by atoms with Crippen molar-refractivity contribution in [2.45, 2.75) is 39.6 Å².